The summed E-state index contributed by atoms with van der Waals surface area (Å²) in [6.07, 6.45) is 0.924. The molecule has 1 heterocycles. The molecule has 0 aliphatic rings. The van der Waals surface area contributed by atoms with Gasteiger partial charge < -0.3 is 10.0 Å². The Bertz CT molecular complexity index is 410. The van der Waals surface area contributed by atoms with Crippen LogP contribution in [0.25, 0.3) is 0 Å². The minimum absolute atomic E-state index is 0.146. The lowest BCUT2D eigenvalue weighted by Crippen LogP contribution is -2.27. The van der Waals surface area contributed by atoms with Gasteiger partial charge in [-0.25, -0.2) is 9.78 Å². The lowest BCUT2D eigenvalue weighted by Gasteiger charge is -2.22. The summed E-state index contributed by atoms with van der Waals surface area (Å²) >= 11 is 1.13. The summed E-state index contributed by atoms with van der Waals surface area (Å²) in [5.41, 5.74) is -0.146. The third kappa shape index (κ3) is 2.82. The molecule has 0 saturated heterocycles. The van der Waals surface area contributed by atoms with E-state index < -0.39 is 5.97 Å². The van der Waals surface area contributed by atoms with Gasteiger partial charge in [-0.1, -0.05) is 18.3 Å². The first-order chi connectivity index (χ1) is 7.88. The van der Waals surface area contributed by atoms with Crippen LogP contribution in [-0.4, -0.2) is 34.9 Å². The molecule has 1 unspecified atom stereocenters. The highest BCUT2D eigenvalue weighted by Crippen LogP contribution is 2.27. The zero-order valence-corrected chi connectivity index (χ0v) is 11.2. The maximum absolute atomic E-state index is 11.3. The van der Waals surface area contributed by atoms with Gasteiger partial charge in [0.25, 0.3) is 0 Å². The summed E-state index contributed by atoms with van der Waals surface area (Å²) in [4.78, 5) is 28.4. The van der Waals surface area contributed by atoms with E-state index in [0.717, 1.165) is 17.8 Å². The largest absolute Gasteiger partial charge is 0.476 e. The van der Waals surface area contributed by atoms with Gasteiger partial charge in [-0.3, -0.25) is 4.79 Å². The molecule has 1 aromatic rings. The van der Waals surface area contributed by atoms with Gasteiger partial charge in [0.15, 0.2) is 16.6 Å². The average molecular weight is 256 g/mol. The molecule has 0 bridgehead atoms. The van der Waals surface area contributed by atoms with Crippen molar-refractivity contribution in [3.8, 4) is 0 Å². The zero-order valence-electron chi connectivity index (χ0n) is 10.4. The molecule has 0 radical (unpaired) electrons. The molecule has 0 spiro atoms. The quantitative estimate of drug-likeness (QED) is 0.818. The Labute approximate surface area is 104 Å². The van der Waals surface area contributed by atoms with Gasteiger partial charge in [0.1, 0.15) is 4.88 Å². The Hall–Kier alpha value is -1.43. The number of ketones is 1. The standard InChI is InChI=1S/C11H16N2O3S/c1-5-6(2)13(4)11-12-8(10(15)16)9(17-11)7(3)14/h6H,5H2,1-4H3,(H,15,16). The van der Waals surface area contributed by atoms with Crippen molar-refractivity contribution >= 4 is 28.2 Å². The third-order valence-electron chi connectivity index (χ3n) is 2.69. The predicted octanol–water partition coefficient (Wildman–Crippen LogP) is 2.28. The Morgan fingerprint density at radius 3 is 2.47 bits per heavy atom. The van der Waals surface area contributed by atoms with Gasteiger partial charge in [-0.2, -0.15) is 0 Å². The molecule has 0 aromatic carbocycles. The Kier molecular flexibility index (Phi) is 4.22. The number of hydrogen-bond acceptors (Lipinski definition) is 5. The molecule has 5 nitrogen and oxygen atoms in total. The van der Waals surface area contributed by atoms with E-state index in [2.05, 4.69) is 4.98 Å². The second kappa shape index (κ2) is 5.27. The fourth-order valence-corrected chi connectivity index (χ4v) is 2.32. The first-order valence-corrected chi connectivity index (χ1v) is 6.18. The van der Waals surface area contributed by atoms with E-state index in [4.69, 9.17) is 5.11 Å². The third-order valence-corrected chi connectivity index (χ3v) is 3.94. The van der Waals surface area contributed by atoms with Crippen molar-refractivity contribution in [1.82, 2.24) is 4.98 Å². The molecule has 0 amide bonds. The summed E-state index contributed by atoms with van der Waals surface area (Å²) in [6.45, 7) is 5.42. The summed E-state index contributed by atoms with van der Waals surface area (Å²) in [6, 6.07) is 0.252. The lowest BCUT2D eigenvalue weighted by molar-refractivity contribution is 0.0687. The molecule has 94 valence electrons. The molecular formula is C11H16N2O3S. The lowest BCUT2D eigenvalue weighted by atomic mass is 10.2. The van der Waals surface area contributed by atoms with Crippen LogP contribution >= 0.6 is 11.3 Å². The van der Waals surface area contributed by atoms with E-state index in [1.54, 1.807) is 0 Å². The molecule has 6 heteroatoms. The minimum atomic E-state index is -1.16. The fraction of sp³-hybridized carbons (Fsp3) is 0.545. The summed E-state index contributed by atoms with van der Waals surface area (Å²) < 4.78 is 0. The SMILES string of the molecule is CCC(C)N(C)c1nc(C(=O)O)c(C(C)=O)s1. The van der Waals surface area contributed by atoms with Crippen molar-refractivity contribution in [1.29, 1.82) is 0 Å². The number of aromatic nitrogens is 1. The second-order valence-corrected chi connectivity index (χ2v) is 4.88. The smallest absolute Gasteiger partial charge is 0.356 e. The van der Waals surface area contributed by atoms with Gasteiger partial charge in [0.05, 0.1) is 0 Å². The normalized spacial score (nSPS) is 12.2. The molecule has 0 fully saturated rings. The second-order valence-electron chi connectivity index (χ2n) is 3.90. The van der Waals surface area contributed by atoms with Crippen LogP contribution in [-0.2, 0) is 0 Å². The van der Waals surface area contributed by atoms with Crippen LogP contribution < -0.4 is 4.90 Å². The Morgan fingerprint density at radius 1 is 1.53 bits per heavy atom. The van der Waals surface area contributed by atoms with Crippen LogP contribution in [0.1, 0.15) is 47.4 Å². The van der Waals surface area contributed by atoms with E-state index in [1.807, 2.05) is 25.8 Å². The minimum Gasteiger partial charge on any atom is -0.476 e. The first-order valence-electron chi connectivity index (χ1n) is 5.36. The van der Waals surface area contributed by atoms with E-state index >= 15 is 0 Å². The summed E-state index contributed by atoms with van der Waals surface area (Å²) in [5, 5.41) is 9.55. The number of nitrogens with zero attached hydrogens (tertiary/aromatic N) is 2. The monoisotopic (exact) mass is 256 g/mol. The predicted molar refractivity (Wildman–Crippen MR) is 67.2 cm³/mol. The molecular weight excluding hydrogens is 240 g/mol. The van der Waals surface area contributed by atoms with Crippen molar-refractivity contribution in [2.45, 2.75) is 33.2 Å². The van der Waals surface area contributed by atoms with Crippen LogP contribution in [0.3, 0.4) is 0 Å². The van der Waals surface area contributed by atoms with E-state index in [1.165, 1.54) is 6.92 Å². The molecule has 1 atom stereocenters. The van der Waals surface area contributed by atoms with Gasteiger partial charge in [0, 0.05) is 20.0 Å². The highest BCUT2D eigenvalue weighted by atomic mass is 32.1. The Balaban J connectivity index is 3.16. The van der Waals surface area contributed by atoms with Gasteiger partial charge in [-0.05, 0) is 13.3 Å². The molecule has 17 heavy (non-hydrogen) atoms. The van der Waals surface area contributed by atoms with E-state index in [-0.39, 0.29) is 22.4 Å². The number of anilines is 1. The van der Waals surface area contributed by atoms with Gasteiger partial charge in [0.2, 0.25) is 0 Å². The van der Waals surface area contributed by atoms with Crippen LogP contribution in [0, 0.1) is 0 Å². The summed E-state index contributed by atoms with van der Waals surface area (Å²) in [7, 11) is 1.85. The zero-order chi connectivity index (χ0) is 13.2. The molecule has 0 saturated carbocycles. The van der Waals surface area contributed by atoms with Gasteiger partial charge >= 0.3 is 5.97 Å². The van der Waals surface area contributed by atoms with Crippen LogP contribution in [0.15, 0.2) is 0 Å². The molecule has 1 rings (SSSR count). The first kappa shape index (κ1) is 13.6. The van der Waals surface area contributed by atoms with Crippen LogP contribution in [0.2, 0.25) is 0 Å². The average Bonchev–Trinajstić information content (AvgIpc) is 2.71. The highest BCUT2D eigenvalue weighted by molar-refractivity contribution is 7.17. The van der Waals surface area contributed by atoms with Crippen LogP contribution in [0.4, 0.5) is 5.13 Å². The molecule has 0 aliphatic carbocycles. The van der Waals surface area contributed by atoms with Crippen LogP contribution in [0.5, 0.6) is 0 Å². The number of carboxylic acids is 1. The maximum atomic E-state index is 11.3. The van der Waals surface area contributed by atoms with Gasteiger partial charge in [-0.15, -0.1) is 0 Å². The maximum Gasteiger partial charge on any atom is 0.356 e. The van der Waals surface area contributed by atoms with Crippen molar-refractivity contribution in [2.75, 3.05) is 11.9 Å². The number of rotatable bonds is 5. The van der Waals surface area contributed by atoms with Crippen molar-refractivity contribution in [2.24, 2.45) is 0 Å². The van der Waals surface area contributed by atoms with E-state index in [0.29, 0.717) is 5.13 Å². The molecule has 0 aliphatic heterocycles. The van der Waals surface area contributed by atoms with Crippen molar-refractivity contribution in [3.05, 3.63) is 10.6 Å². The fourth-order valence-electron chi connectivity index (χ4n) is 1.31. The number of hydrogen-bond donors (Lipinski definition) is 1. The Morgan fingerprint density at radius 2 is 2.12 bits per heavy atom. The number of thiazole rings is 1. The summed E-state index contributed by atoms with van der Waals surface area (Å²) in [5.74, 6) is -1.42. The van der Waals surface area contributed by atoms with Crippen molar-refractivity contribution < 1.29 is 14.7 Å². The van der Waals surface area contributed by atoms with Crippen molar-refractivity contribution in [3.63, 3.8) is 0 Å². The molecule has 1 aromatic heterocycles. The number of carbonyl (C=O) groups excluding carboxylic acids is 1. The molecule has 1 N–H and O–H groups in total. The number of carbonyl (C=O) groups is 2. The van der Waals surface area contributed by atoms with E-state index in [9.17, 15) is 9.59 Å². The number of aromatic carboxylic acids is 1. The number of carboxylic acid groups (broad SMARTS) is 1. The topological polar surface area (TPSA) is 70.5 Å². The highest BCUT2D eigenvalue weighted by Gasteiger charge is 2.23. The number of Topliss-reactive ketones (excluding diaryl/α,β-unsaturated/α-hetero) is 1.